The Hall–Kier alpha value is -1.63. The van der Waals surface area contributed by atoms with Crippen LogP contribution in [0.15, 0.2) is 40.8 Å². The smallest absolute Gasteiger partial charge is 0.218 e. The molecule has 6 heteroatoms. The van der Waals surface area contributed by atoms with E-state index < -0.39 is 10.0 Å². The molecule has 0 atom stereocenters. The summed E-state index contributed by atoms with van der Waals surface area (Å²) in [6.07, 6.45) is 0. The minimum Gasteiger partial charge on any atom is -0.465 e. The summed E-state index contributed by atoms with van der Waals surface area (Å²) < 4.78 is 31.3. The molecular formula is C15H19NO4S. The maximum atomic E-state index is 12.3. The van der Waals surface area contributed by atoms with E-state index in [1.54, 1.807) is 36.4 Å². The van der Waals surface area contributed by atoms with Crippen molar-refractivity contribution in [3.63, 3.8) is 0 Å². The third-order valence-electron chi connectivity index (χ3n) is 3.17. The molecule has 1 N–H and O–H groups in total. The summed E-state index contributed by atoms with van der Waals surface area (Å²) in [7, 11) is -1.90. The molecule has 2 aromatic rings. The van der Waals surface area contributed by atoms with Gasteiger partial charge in [-0.05, 0) is 30.2 Å². The van der Waals surface area contributed by atoms with Gasteiger partial charge in [-0.15, -0.1) is 0 Å². The second-order valence-corrected chi connectivity index (χ2v) is 7.08. The quantitative estimate of drug-likeness (QED) is 0.886. The van der Waals surface area contributed by atoms with Crippen LogP contribution in [0.5, 0.6) is 0 Å². The van der Waals surface area contributed by atoms with Crippen molar-refractivity contribution in [1.82, 2.24) is 4.31 Å². The van der Waals surface area contributed by atoms with Crippen LogP contribution in [0.1, 0.15) is 22.6 Å². The van der Waals surface area contributed by atoms with E-state index >= 15 is 0 Å². The number of furan rings is 1. The highest BCUT2D eigenvalue weighted by Crippen LogP contribution is 2.15. The fourth-order valence-corrected chi connectivity index (χ4v) is 3.17. The zero-order valence-corrected chi connectivity index (χ0v) is 12.9. The molecule has 0 spiro atoms. The van der Waals surface area contributed by atoms with Crippen LogP contribution in [0.3, 0.4) is 0 Å². The van der Waals surface area contributed by atoms with Gasteiger partial charge in [-0.1, -0.05) is 24.3 Å². The van der Waals surface area contributed by atoms with Gasteiger partial charge in [-0.25, -0.2) is 8.42 Å². The largest absolute Gasteiger partial charge is 0.465 e. The van der Waals surface area contributed by atoms with Crippen LogP contribution in [0.2, 0.25) is 0 Å². The number of aliphatic hydroxyl groups is 1. The first kappa shape index (κ1) is 15.8. The maximum Gasteiger partial charge on any atom is 0.218 e. The van der Waals surface area contributed by atoms with Gasteiger partial charge >= 0.3 is 0 Å². The van der Waals surface area contributed by atoms with Gasteiger partial charge < -0.3 is 9.52 Å². The Morgan fingerprint density at radius 2 is 1.90 bits per heavy atom. The van der Waals surface area contributed by atoms with Crippen LogP contribution in [0, 0.1) is 6.92 Å². The van der Waals surface area contributed by atoms with E-state index in [0.29, 0.717) is 16.9 Å². The normalized spacial score (nSPS) is 12.0. The first-order chi connectivity index (χ1) is 9.90. The number of aryl methyl sites for hydroxylation is 1. The summed E-state index contributed by atoms with van der Waals surface area (Å²) >= 11 is 0. The van der Waals surface area contributed by atoms with Gasteiger partial charge in [-0.3, -0.25) is 0 Å². The number of sulfonamides is 1. The molecule has 0 radical (unpaired) electrons. The lowest BCUT2D eigenvalue weighted by atomic mass is 10.1. The molecule has 0 aliphatic carbocycles. The Bertz CT molecular complexity index is 706. The minimum absolute atomic E-state index is 0.100. The Morgan fingerprint density at radius 1 is 1.19 bits per heavy atom. The van der Waals surface area contributed by atoms with E-state index in [1.165, 1.54) is 11.4 Å². The molecule has 1 heterocycles. The standard InChI is InChI=1S/C15H19NO4S/c1-12-6-7-15(20-12)9-16(2)21(18,19)11-14-5-3-4-13(8-14)10-17/h3-8,17H,9-11H2,1-2H3. The van der Waals surface area contributed by atoms with Crippen molar-refractivity contribution < 1.29 is 17.9 Å². The average Bonchev–Trinajstić information content (AvgIpc) is 2.83. The summed E-state index contributed by atoms with van der Waals surface area (Å²) in [5.74, 6) is 1.27. The topological polar surface area (TPSA) is 70.8 Å². The second kappa shape index (κ2) is 6.43. The summed E-state index contributed by atoms with van der Waals surface area (Å²) in [6.45, 7) is 1.92. The zero-order chi connectivity index (χ0) is 15.5. The highest BCUT2D eigenvalue weighted by Gasteiger charge is 2.20. The van der Waals surface area contributed by atoms with Gasteiger partial charge in [0, 0.05) is 7.05 Å². The third-order valence-corrected chi connectivity index (χ3v) is 4.95. The van der Waals surface area contributed by atoms with Crippen LogP contribution in [0.25, 0.3) is 0 Å². The zero-order valence-electron chi connectivity index (χ0n) is 12.1. The van der Waals surface area contributed by atoms with Crippen molar-refractivity contribution in [3.8, 4) is 0 Å². The van der Waals surface area contributed by atoms with E-state index in [9.17, 15) is 8.42 Å². The predicted molar refractivity (Wildman–Crippen MR) is 79.9 cm³/mol. The molecule has 0 fully saturated rings. The van der Waals surface area contributed by atoms with Gasteiger partial charge in [-0.2, -0.15) is 4.31 Å². The average molecular weight is 309 g/mol. The fraction of sp³-hybridized carbons (Fsp3) is 0.333. The van der Waals surface area contributed by atoms with E-state index in [2.05, 4.69) is 0 Å². The summed E-state index contributed by atoms with van der Waals surface area (Å²) in [5.41, 5.74) is 1.36. The number of rotatable bonds is 6. The van der Waals surface area contributed by atoms with Crippen LogP contribution in [0.4, 0.5) is 0 Å². The first-order valence-electron chi connectivity index (χ1n) is 6.59. The minimum atomic E-state index is -3.44. The van der Waals surface area contributed by atoms with Crippen molar-refractivity contribution in [2.75, 3.05) is 7.05 Å². The lowest BCUT2D eigenvalue weighted by molar-refractivity contribution is 0.281. The van der Waals surface area contributed by atoms with Crippen LogP contribution < -0.4 is 0 Å². The maximum absolute atomic E-state index is 12.3. The molecule has 21 heavy (non-hydrogen) atoms. The molecule has 0 aliphatic heterocycles. The van der Waals surface area contributed by atoms with E-state index in [4.69, 9.17) is 9.52 Å². The lowest BCUT2D eigenvalue weighted by Crippen LogP contribution is -2.27. The Balaban J connectivity index is 2.09. The van der Waals surface area contributed by atoms with Gasteiger partial charge in [0.1, 0.15) is 11.5 Å². The third kappa shape index (κ3) is 4.17. The van der Waals surface area contributed by atoms with Gasteiger partial charge in [0.25, 0.3) is 0 Å². The van der Waals surface area contributed by atoms with Crippen molar-refractivity contribution in [2.24, 2.45) is 0 Å². The molecule has 0 aliphatic rings. The number of hydrogen-bond acceptors (Lipinski definition) is 4. The van der Waals surface area contributed by atoms with Crippen LogP contribution in [-0.4, -0.2) is 24.9 Å². The van der Waals surface area contributed by atoms with Crippen LogP contribution >= 0.6 is 0 Å². The van der Waals surface area contributed by atoms with Crippen molar-refractivity contribution >= 4 is 10.0 Å². The van der Waals surface area contributed by atoms with Crippen molar-refractivity contribution in [3.05, 3.63) is 59.0 Å². The summed E-state index contributed by atoms with van der Waals surface area (Å²) in [5, 5.41) is 9.09. The molecule has 114 valence electrons. The molecule has 1 aromatic carbocycles. The Labute approximate surface area is 124 Å². The molecule has 0 saturated carbocycles. The number of benzene rings is 1. The molecule has 0 amide bonds. The summed E-state index contributed by atoms with van der Waals surface area (Å²) in [6, 6.07) is 10.5. The first-order valence-corrected chi connectivity index (χ1v) is 8.19. The monoisotopic (exact) mass is 309 g/mol. The van der Waals surface area contributed by atoms with Crippen LogP contribution in [-0.2, 0) is 28.9 Å². The van der Waals surface area contributed by atoms with E-state index in [0.717, 1.165) is 5.76 Å². The predicted octanol–water partition coefficient (Wildman–Crippen LogP) is 2.04. The molecule has 1 aromatic heterocycles. The number of hydrogen-bond donors (Lipinski definition) is 1. The SMILES string of the molecule is Cc1ccc(CN(C)S(=O)(=O)Cc2cccc(CO)c2)o1. The van der Waals surface area contributed by atoms with Gasteiger partial charge in [0.15, 0.2) is 0 Å². The molecule has 5 nitrogen and oxygen atoms in total. The Morgan fingerprint density at radius 3 is 2.52 bits per heavy atom. The Kier molecular flexibility index (Phi) is 4.82. The molecule has 0 saturated heterocycles. The summed E-state index contributed by atoms with van der Waals surface area (Å²) in [4.78, 5) is 0. The lowest BCUT2D eigenvalue weighted by Gasteiger charge is -2.16. The van der Waals surface area contributed by atoms with Gasteiger partial charge in [0.05, 0.1) is 18.9 Å². The highest BCUT2D eigenvalue weighted by molar-refractivity contribution is 7.88. The highest BCUT2D eigenvalue weighted by atomic mass is 32.2. The molecule has 0 unspecified atom stereocenters. The second-order valence-electron chi connectivity index (χ2n) is 5.00. The molecule has 0 bridgehead atoms. The van der Waals surface area contributed by atoms with E-state index in [-0.39, 0.29) is 18.9 Å². The number of nitrogens with zero attached hydrogens (tertiary/aromatic N) is 1. The van der Waals surface area contributed by atoms with Crippen molar-refractivity contribution in [1.29, 1.82) is 0 Å². The fourth-order valence-electron chi connectivity index (χ4n) is 2.03. The van der Waals surface area contributed by atoms with Gasteiger partial charge in [0.2, 0.25) is 10.0 Å². The molecular weight excluding hydrogens is 290 g/mol. The van der Waals surface area contributed by atoms with Crippen molar-refractivity contribution in [2.45, 2.75) is 25.8 Å². The molecule has 2 rings (SSSR count). The van der Waals surface area contributed by atoms with E-state index in [1.807, 2.05) is 6.92 Å². The number of aliphatic hydroxyl groups excluding tert-OH is 1.